The van der Waals surface area contributed by atoms with Gasteiger partial charge in [0.2, 0.25) is 0 Å². The third kappa shape index (κ3) is 1.49. The maximum Gasteiger partial charge on any atom is 0.0586 e. The van der Waals surface area contributed by atoms with Gasteiger partial charge in [0.25, 0.3) is 0 Å². The number of hydrogen-bond acceptors (Lipinski definition) is 2. The topological polar surface area (TPSA) is 51.0 Å². The lowest BCUT2D eigenvalue weighted by molar-refractivity contribution is -0.0664. The molecule has 0 radical (unpaired) electrons. The molecule has 72 valence electrons. The van der Waals surface area contributed by atoms with E-state index in [9.17, 15) is 0 Å². The summed E-state index contributed by atoms with van der Waals surface area (Å²) in [4.78, 5) is 3.08. The SMILES string of the molecule is CC(N)CC1(c2cc[nH]c2)COC1. The molecule has 0 amide bonds. The van der Waals surface area contributed by atoms with Crippen LogP contribution in [0.1, 0.15) is 18.9 Å². The van der Waals surface area contributed by atoms with Crippen LogP contribution in [-0.4, -0.2) is 24.2 Å². The van der Waals surface area contributed by atoms with Crippen LogP contribution in [-0.2, 0) is 10.2 Å². The van der Waals surface area contributed by atoms with Crippen LogP contribution in [0.5, 0.6) is 0 Å². The van der Waals surface area contributed by atoms with Crippen LogP contribution in [0.4, 0.5) is 0 Å². The van der Waals surface area contributed by atoms with Gasteiger partial charge in [0, 0.05) is 23.9 Å². The van der Waals surface area contributed by atoms with Gasteiger partial charge in [-0.05, 0) is 25.0 Å². The van der Waals surface area contributed by atoms with Gasteiger partial charge >= 0.3 is 0 Å². The molecule has 13 heavy (non-hydrogen) atoms. The van der Waals surface area contributed by atoms with Crippen molar-refractivity contribution < 1.29 is 4.74 Å². The highest BCUT2D eigenvalue weighted by Crippen LogP contribution is 2.36. The van der Waals surface area contributed by atoms with E-state index in [0.717, 1.165) is 19.6 Å². The second-order valence-corrected chi connectivity index (χ2v) is 4.05. The largest absolute Gasteiger partial charge is 0.379 e. The van der Waals surface area contributed by atoms with Crippen molar-refractivity contribution in [2.75, 3.05) is 13.2 Å². The lowest BCUT2D eigenvalue weighted by Crippen LogP contribution is -2.49. The fraction of sp³-hybridized carbons (Fsp3) is 0.600. The van der Waals surface area contributed by atoms with Gasteiger partial charge in [0.15, 0.2) is 0 Å². The van der Waals surface area contributed by atoms with Crippen LogP contribution in [0, 0.1) is 0 Å². The molecule has 0 aromatic carbocycles. The summed E-state index contributed by atoms with van der Waals surface area (Å²) >= 11 is 0. The number of H-pyrrole nitrogens is 1. The van der Waals surface area contributed by atoms with E-state index in [4.69, 9.17) is 10.5 Å². The Bertz CT molecular complexity index is 262. The third-order valence-electron chi connectivity index (χ3n) is 2.68. The maximum atomic E-state index is 5.83. The lowest BCUT2D eigenvalue weighted by atomic mass is 9.75. The molecule has 1 fully saturated rings. The molecule has 3 N–H and O–H groups in total. The smallest absolute Gasteiger partial charge is 0.0586 e. The van der Waals surface area contributed by atoms with E-state index in [0.29, 0.717) is 0 Å². The van der Waals surface area contributed by atoms with Crippen LogP contribution in [0.2, 0.25) is 0 Å². The van der Waals surface area contributed by atoms with Crippen LogP contribution >= 0.6 is 0 Å². The third-order valence-corrected chi connectivity index (χ3v) is 2.68. The number of nitrogens with two attached hydrogens (primary N) is 1. The molecule has 0 saturated carbocycles. The van der Waals surface area contributed by atoms with Gasteiger partial charge in [-0.2, -0.15) is 0 Å². The van der Waals surface area contributed by atoms with E-state index in [2.05, 4.69) is 11.1 Å². The number of aromatic nitrogens is 1. The molecule has 2 heterocycles. The second-order valence-electron chi connectivity index (χ2n) is 4.05. The van der Waals surface area contributed by atoms with Gasteiger partial charge in [-0.25, -0.2) is 0 Å². The first-order valence-electron chi connectivity index (χ1n) is 4.69. The minimum atomic E-state index is 0.189. The zero-order valence-corrected chi connectivity index (χ0v) is 7.92. The van der Waals surface area contributed by atoms with Crippen molar-refractivity contribution >= 4 is 0 Å². The fourth-order valence-electron chi connectivity index (χ4n) is 2.02. The molecule has 3 heteroatoms. The van der Waals surface area contributed by atoms with E-state index in [1.807, 2.05) is 19.3 Å². The fourth-order valence-corrected chi connectivity index (χ4v) is 2.02. The lowest BCUT2D eigenvalue weighted by Gasteiger charge is -2.42. The average molecular weight is 180 g/mol. The Kier molecular flexibility index (Phi) is 2.14. The average Bonchev–Trinajstić information content (AvgIpc) is 2.48. The van der Waals surface area contributed by atoms with Gasteiger partial charge in [0.1, 0.15) is 0 Å². The minimum Gasteiger partial charge on any atom is -0.379 e. The van der Waals surface area contributed by atoms with Crippen LogP contribution in [0.15, 0.2) is 18.5 Å². The Morgan fingerprint density at radius 3 is 2.85 bits per heavy atom. The van der Waals surface area contributed by atoms with Crippen molar-refractivity contribution in [1.82, 2.24) is 4.98 Å². The summed E-state index contributed by atoms with van der Waals surface area (Å²) in [6.07, 6.45) is 5.01. The molecule has 2 rings (SSSR count). The summed E-state index contributed by atoms with van der Waals surface area (Å²) in [5.41, 5.74) is 7.35. The standard InChI is InChI=1S/C10H16N2O/c1-8(11)4-10(6-13-7-10)9-2-3-12-5-9/h2-3,5,8,12H,4,6-7,11H2,1H3. The molecule has 1 aromatic rings. The van der Waals surface area contributed by atoms with Gasteiger partial charge < -0.3 is 15.5 Å². The predicted octanol–water partition coefficient (Wildman–Crippen LogP) is 1.02. The van der Waals surface area contributed by atoms with E-state index in [-0.39, 0.29) is 11.5 Å². The summed E-state index contributed by atoms with van der Waals surface area (Å²) in [6, 6.07) is 2.35. The molecule has 1 saturated heterocycles. The van der Waals surface area contributed by atoms with E-state index in [1.165, 1.54) is 5.56 Å². The van der Waals surface area contributed by atoms with Crippen LogP contribution < -0.4 is 5.73 Å². The van der Waals surface area contributed by atoms with Crippen LogP contribution in [0.25, 0.3) is 0 Å². The highest BCUT2D eigenvalue weighted by molar-refractivity contribution is 5.25. The number of ether oxygens (including phenoxy) is 1. The minimum absolute atomic E-state index is 0.189. The first-order valence-corrected chi connectivity index (χ1v) is 4.69. The summed E-state index contributed by atoms with van der Waals surface area (Å²) in [5.74, 6) is 0. The number of aromatic amines is 1. The molecule has 1 aromatic heterocycles. The van der Waals surface area contributed by atoms with Crippen molar-refractivity contribution in [2.45, 2.75) is 24.8 Å². The van der Waals surface area contributed by atoms with Crippen molar-refractivity contribution in [2.24, 2.45) is 5.73 Å². The molecule has 0 spiro atoms. The highest BCUT2D eigenvalue weighted by Gasteiger charge is 2.40. The molecule has 3 nitrogen and oxygen atoms in total. The Hall–Kier alpha value is -0.800. The Balaban J connectivity index is 2.16. The zero-order valence-electron chi connectivity index (χ0n) is 7.92. The van der Waals surface area contributed by atoms with E-state index < -0.39 is 0 Å². The maximum absolute atomic E-state index is 5.83. The summed E-state index contributed by atoms with van der Waals surface area (Å²) in [5, 5.41) is 0. The first-order chi connectivity index (χ1) is 6.23. The number of nitrogens with one attached hydrogen (secondary N) is 1. The van der Waals surface area contributed by atoms with E-state index in [1.54, 1.807) is 0 Å². The zero-order chi connectivity index (χ0) is 9.31. The van der Waals surface area contributed by atoms with Gasteiger partial charge in [-0.15, -0.1) is 0 Å². The normalized spacial score (nSPS) is 22.3. The van der Waals surface area contributed by atoms with Crippen molar-refractivity contribution in [3.8, 4) is 0 Å². The quantitative estimate of drug-likeness (QED) is 0.729. The van der Waals surface area contributed by atoms with Crippen molar-refractivity contribution in [3.63, 3.8) is 0 Å². The predicted molar refractivity (Wildman–Crippen MR) is 51.6 cm³/mol. The Morgan fingerprint density at radius 1 is 1.69 bits per heavy atom. The summed E-state index contributed by atoms with van der Waals surface area (Å²) in [6.45, 7) is 3.67. The van der Waals surface area contributed by atoms with Gasteiger partial charge in [0.05, 0.1) is 13.2 Å². The molecule has 1 atom stereocenters. The molecule has 1 unspecified atom stereocenters. The van der Waals surface area contributed by atoms with E-state index >= 15 is 0 Å². The van der Waals surface area contributed by atoms with Crippen LogP contribution in [0.3, 0.4) is 0 Å². The number of hydrogen-bond donors (Lipinski definition) is 2. The molecular formula is C10H16N2O. The molecular weight excluding hydrogens is 164 g/mol. The van der Waals surface area contributed by atoms with Gasteiger partial charge in [-0.1, -0.05) is 0 Å². The van der Waals surface area contributed by atoms with Gasteiger partial charge in [-0.3, -0.25) is 0 Å². The molecule has 0 aliphatic carbocycles. The number of rotatable bonds is 3. The summed E-state index contributed by atoms with van der Waals surface area (Å²) in [7, 11) is 0. The highest BCUT2D eigenvalue weighted by atomic mass is 16.5. The van der Waals surface area contributed by atoms with Crippen molar-refractivity contribution in [3.05, 3.63) is 24.0 Å². The summed E-state index contributed by atoms with van der Waals surface area (Å²) < 4.78 is 5.29. The second kappa shape index (κ2) is 3.16. The molecule has 0 bridgehead atoms. The monoisotopic (exact) mass is 180 g/mol. The Morgan fingerprint density at radius 2 is 2.46 bits per heavy atom. The first kappa shape index (κ1) is 8.78. The Labute approximate surface area is 78.3 Å². The molecule has 1 aliphatic rings. The van der Waals surface area contributed by atoms with Crippen molar-refractivity contribution in [1.29, 1.82) is 0 Å². The molecule has 1 aliphatic heterocycles.